The smallest absolute Gasteiger partial charge is 0.173 e. The molecule has 0 amide bonds. The lowest BCUT2D eigenvalue weighted by Gasteiger charge is -2.29. The molecule has 144 valence electrons. The van der Waals surface area contributed by atoms with Crippen molar-refractivity contribution >= 4 is 38.9 Å². The maximum Gasteiger partial charge on any atom is 0.173 e. The van der Waals surface area contributed by atoms with Crippen LogP contribution in [0.2, 0.25) is 0 Å². The average molecular weight is 449 g/mol. The summed E-state index contributed by atoms with van der Waals surface area (Å²) in [5.74, 6) is 0.808. The fourth-order valence-electron chi connectivity index (χ4n) is 3.11. The summed E-state index contributed by atoms with van der Waals surface area (Å²) in [5.41, 5.74) is 2.09. The summed E-state index contributed by atoms with van der Waals surface area (Å²) in [6.07, 6.45) is 2.42. The number of rotatable bonds is 7. The van der Waals surface area contributed by atoms with E-state index in [1.165, 1.54) is 5.56 Å². The van der Waals surface area contributed by atoms with E-state index in [4.69, 9.17) is 21.7 Å². The van der Waals surface area contributed by atoms with E-state index in [0.29, 0.717) is 11.7 Å². The molecule has 4 nitrogen and oxygen atoms in total. The zero-order valence-electron chi connectivity index (χ0n) is 15.5. The highest BCUT2D eigenvalue weighted by Crippen LogP contribution is 2.25. The molecule has 0 aliphatic carbocycles. The van der Waals surface area contributed by atoms with Crippen molar-refractivity contribution in [3.8, 4) is 5.75 Å². The first kappa shape index (κ1) is 20.1. The van der Waals surface area contributed by atoms with Crippen molar-refractivity contribution in [3.05, 3.63) is 58.6 Å². The molecule has 2 aromatic carbocycles. The van der Waals surface area contributed by atoms with Crippen LogP contribution in [0, 0.1) is 0 Å². The molecule has 0 aromatic heterocycles. The van der Waals surface area contributed by atoms with Crippen LogP contribution < -0.4 is 10.1 Å². The third-order valence-corrected chi connectivity index (χ3v) is 5.34. The van der Waals surface area contributed by atoms with Gasteiger partial charge >= 0.3 is 0 Å². The van der Waals surface area contributed by atoms with Gasteiger partial charge in [-0.25, -0.2) is 0 Å². The molecule has 0 saturated carbocycles. The van der Waals surface area contributed by atoms with E-state index in [1.54, 1.807) is 0 Å². The summed E-state index contributed by atoms with van der Waals surface area (Å²) in [5, 5.41) is 4.05. The van der Waals surface area contributed by atoms with E-state index in [-0.39, 0.29) is 6.10 Å². The van der Waals surface area contributed by atoms with Gasteiger partial charge in [0.1, 0.15) is 5.75 Å². The first-order valence-corrected chi connectivity index (χ1v) is 10.5. The van der Waals surface area contributed by atoms with E-state index in [9.17, 15) is 0 Å². The maximum absolute atomic E-state index is 5.84. The molecular weight excluding hydrogens is 424 g/mol. The number of anilines is 1. The average Bonchev–Trinajstić information content (AvgIpc) is 3.18. The fraction of sp³-hybridized carbons (Fsp3) is 0.381. The quantitative estimate of drug-likeness (QED) is 0.586. The number of para-hydroxylation sites is 2. The predicted octanol–water partition coefficient (Wildman–Crippen LogP) is 5.23. The third-order valence-electron chi connectivity index (χ3n) is 4.45. The highest BCUT2D eigenvalue weighted by molar-refractivity contribution is 9.10. The Morgan fingerprint density at radius 1 is 1.26 bits per heavy atom. The van der Waals surface area contributed by atoms with E-state index in [1.807, 2.05) is 31.2 Å². The predicted molar refractivity (Wildman–Crippen MR) is 117 cm³/mol. The van der Waals surface area contributed by atoms with Gasteiger partial charge in [-0.05, 0) is 61.8 Å². The monoisotopic (exact) mass is 448 g/mol. The Labute approximate surface area is 175 Å². The van der Waals surface area contributed by atoms with E-state index in [0.717, 1.165) is 48.4 Å². The molecular formula is C21H25BrN2O2S. The molecule has 1 heterocycles. The molecule has 0 radical (unpaired) electrons. The van der Waals surface area contributed by atoms with Gasteiger partial charge in [-0.1, -0.05) is 40.2 Å². The lowest BCUT2D eigenvalue weighted by Crippen LogP contribution is -2.39. The minimum absolute atomic E-state index is 0.224. The number of hydrogen-bond donors (Lipinski definition) is 1. The second-order valence-electron chi connectivity index (χ2n) is 6.50. The van der Waals surface area contributed by atoms with Gasteiger partial charge in [-0.15, -0.1) is 0 Å². The molecule has 1 N–H and O–H groups in total. The zero-order valence-corrected chi connectivity index (χ0v) is 17.9. The Kier molecular flexibility index (Phi) is 7.50. The minimum Gasteiger partial charge on any atom is -0.492 e. The number of nitrogens with zero attached hydrogens (tertiary/aromatic N) is 1. The molecule has 6 heteroatoms. The standard InChI is InChI=1S/C21H25BrN2O2S/c1-2-25-20-8-4-3-7-19(20)23-21(27)24(15-18-6-5-13-26-18)14-16-9-11-17(22)12-10-16/h3-4,7-12,18H,2,5-6,13-15H2,1H3,(H,23,27). The van der Waals surface area contributed by atoms with Crippen molar-refractivity contribution in [2.24, 2.45) is 0 Å². The van der Waals surface area contributed by atoms with E-state index < -0.39 is 0 Å². The van der Waals surface area contributed by atoms with Crippen LogP contribution in [-0.2, 0) is 11.3 Å². The van der Waals surface area contributed by atoms with Gasteiger partial charge in [0.05, 0.1) is 18.4 Å². The highest BCUT2D eigenvalue weighted by Gasteiger charge is 2.21. The first-order chi connectivity index (χ1) is 13.2. The number of thiocarbonyl (C=S) groups is 1. The molecule has 1 atom stereocenters. The van der Waals surface area contributed by atoms with Crippen molar-refractivity contribution < 1.29 is 9.47 Å². The van der Waals surface area contributed by atoms with Crippen molar-refractivity contribution in [3.63, 3.8) is 0 Å². The van der Waals surface area contributed by atoms with Crippen LogP contribution >= 0.6 is 28.1 Å². The summed E-state index contributed by atoms with van der Waals surface area (Å²) in [4.78, 5) is 2.18. The SMILES string of the molecule is CCOc1ccccc1NC(=S)N(Cc1ccc(Br)cc1)CC1CCCO1. The second kappa shape index (κ2) is 10.1. The first-order valence-electron chi connectivity index (χ1n) is 9.29. The summed E-state index contributed by atoms with van der Waals surface area (Å²) in [6, 6.07) is 16.2. The molecule has 1 saturated heterocycles. The number of benzene rings is 2. The Bertz CT molecular complexity index is 748. The van der Waals surface area contributed by atoms with Crippen LogP contribution in [0.15, 0.2) is 53.0 Å². The Morgan fingerprint density at radius 3 is 2.74 bits per heavy atom. The fourth-order valence-corrected chi connectivity index (χ4v) is 3.62. The lowest BCUT2D eigenvalue weighted by atomic mass is 10.2. The topological polar surface area (TPSA) is 33.7 Å². The van der Waals surface area contributed by atoms with Crippen LogP contribution in [0.3, 0.4) is 0 Å². The third kappa shape index (κ3) is 5.92. The van der Waals surface area contributed by atoms with Crippen molar-refractivity contribution in [2.45, 2.75) is 32.4 Å². The number of nitrogens with one attached hydrogen (secondary N) is 1. The van der Waals surface area contributed by atoms with E-state index >= 15 is 0 Å². The van der Waals surface area contributed by atoms with Crippen molar-refractivity contribution in [2.75, 3.05) is 25.1 Å². The Hall–Kier alpha value is -1.63. The van der Waals surface area contributed by atoms with Crippen LogP contribution in [0.1, 0.15) is 25.3 Å². The number of hydrogen-bond acceptors (Lipinski definition) is 3. The van der Waals surface area contributed by atoms with Crippen LogP contribution in [0.25, 0.3) is 0 Å². The molecule has 1 aliphatic rings. The van der Waals surface area contributed by atoms with Crippen molar-refractivity contribution in [1.82, 2.24) is 4.90 Å². The molecule has 1 aliphatic heterocycles. The van der Waals surface area contributed by atoms with Gasteiger partial charge in [0.2, 0.25) is 0 Å². The molecule has 3 rings (SSSR count). The second-order valence-corrected chi connectivity index (χ2v) is 7.80. The van der Waals surface area contributed by atoms with Gasteiger partial charge < -0.3 is 19.7 Å². The summed E-state index contributed by atoms with van der Waals surface area (Å²) in [6.45, 7) is 4.94. The summed E-state index contributed by atoms with van der Waals surface area (Å²) in [7, 11) is 0. The largest absolute Gasteiger partial charge is 0.492 e. The van der Waals surface area contributed by atoms with Crippen LogP contribution in [0.4, 0.5) is 5.69 Å². The van der Waals surface area contributed by atoms with Crippen LogP contribution in [0.5, 0.6) is 5.75 Å². The Morgan fingerprint density at radius 2 is 2.04 bits per heavy atom. The van der Waals surface area contributed by atoms with Gasteiger partial charge in [0.15, 0.2) is 5.11 Å². The zero-order chi connectivity index (χ0) is 19.1. The van der Waals surface area contributed by atoms with Gasteiger partial charge in [-0.3, -0.25) is 0 Å². The van der Waals surface area contributed by atoms with Gasteiger partial charge in [0.25, 0.3) is 0 Å². The summed E-state index contributed by atoms with van der Waals surface area (Å²) >= 11 is 9.25. The van der Waals surface area contributed by atoms with E-state index in [2.05, 4.69) is 50.4 Å². The summed E-state index contributed by atoms with van der Waals surface area (Å²) < 4.78 is 12.6. The molecule has 0 spiro atoms. The molecule has 1 unspecified atom stereocenters. The maximum atomic E-state index is 5.84. The highest BCUT2D eigenvalue weighted by atomic mass is 79.9. The normalized spacial score (nSPS) is 16.1. The number of ether oxygens (including phenoxy) is 2. The molecule has 27 heavy (non-hydrogen) atoms. The minimum atomic E-state index is 0.224. The number of halogens is 1. The molecule has 2 aromatic rings. The Balaban J connectivity index is 1.74. The van der Waals surface area contributed by atoms with Gasteiger partial charge in [-0.2, -0.15) is 0 Å². The molecule has 0 bridgehead atoms. The van der Waals surface area contributed by atoms with Crippen molar-refractivity contribution in [1.29, 1.82) is 0 Å². The molecule has 1 fully saturated rings. The van der Waals surface area contributed by atoms with Crippen LogP contribution in [-0.4, -0.2) is 35.9 Å². The lowest BCUT2D eigenvalue weighted by molar-refractivity contribution is 0.0905. The van der Waals surface area contributed by atoms with Gasteiger partial charge in [0, 0.05) is 24.2 Å².